The van der Waals surface area contributed by atoms with Gasteiger partial charge < -0.3 is 4.52 Å². The first-order chi connectivity index (χ1) is 10.9. The van der Waals surface area contributed by atoms with E-state index in [-0.39, 0.29) is 17.7 Å². The second-order valence-electron chi connectivity index (χ2n) is 6.45. The van der Waals surface area contributed by atoms with Crippen LogP contribution in [0.2, 0.25) is 0 Å². The molecule has 0 bridgehead atoms. The molecule has 3 amide bonds. The Labute approximate surface area is 133 Å². The largest absolute Gasteiger partial charge is 0.334 e. The summed E-state index contributed by atoms with van der Waals surface area (Å²) in [6, 6.07) is 6.84. The van der Waals surface area contributed by atoms with Crippen LogP contribution in [0, 0.1) is 0 Å². The third-order valence-corrected chi connectivity index (χ3v) is 3.58. The summed E-state index contributed by atoms with van der Waals surface area (Å²) in [6.07, 6.45) is 0.261. The van der Waals surface area contributed by atoms with Gasteiger partial charge in [0.1, 0.15) is 0 Å². The molecule has 2 heterocycles. The number of aromatic nitrogens is 2. The number of nitrogens with zero attached hydrogens (tertiary/aromatic N) is 3. The number of rotatable bonds is 2. The van der Waals surface area contributed by atoms with Gasteiger partial charge in [0.05, 0.1) is 11.3 Å². The van der Waals surface area contributed by atoms with Crippen molar-refractivity contribution in [2.75, 3.05) is 11.4 Å². The Morgan fingerprint density at radius 1 is 1.22 bits per heavy atom. The van der Waals surface area contributed by atoms with E-state index in [2.05, 4.69) is 15.5 Å². The zero-order valence-corrected chi connectivity index (χ0v) is 13.3. The smallest absolute Gasteiger partial charge is 0.328 e. The van der Waals surface area contributed by atoms with Crippen molar-refractivity contribution in [2.45, 2.75) is 32.6 Å². The Bertz CT molecular complexity index is 761. The topological polar surface area (TPSA) is 88.3 Å². The standard InChI is InChI=1S/C16H18N4O3/c1-16(2,3)14-18-13(23-19-14)10-6-4-5-7-11(10)20-9-8-12(21)17-15(20)22/h4-7H,8-9H2,1-3H3,(H,17,21,22). The molecule has 7 heteroatoms. The molecule has 2 aromatic rings. The van der Waals surface area contributed by atoms with Crippen LogP contribution in [0.1, 0.15) is 33.0 Å². The molecular formula is C16H18N4O3. The maximum absolute atomic E-state index is 12.1. The van der Waals surface area contributed by atoms with Crippen molar-refractivity contribution in [3.63, 3.8) is 0 Å². The van der Waals surface area contributed by atoms with Crippen molar-refractivity contribution >= 4 is 17.6 Å². The average molecular weight is 314 g/mol. The first kappa shape index (κ1) is 15.2. The summed E-state index contributed by atoms with van der Waals surface area (Å²) in [7, 11) is 0. The maximum atomic E-state index is 12.1. The molecule has 0 radical (unpaired) electrons. The quantitative estimate of drug-likeness (QED) is 0.920. The van der Waals surface area contributed by atoms with Gasteiger partial charge in [-0.05, 0) is 12.1 Å². The van der Waals surface area contributed by atoms with E-state index in [9.17, 15) is 9.59 Å². The maximum Gasteiger partial charge on any atom is 0.328 e. The van der Waals surface area contributed by atoms with Crippen molar-refractivity contribution in [3.05, 3.63) is 30.1 Å². The van der Waals surface area contributed by atoms with Crippen molar-refractivity contribution < 1.29 is 14.1 Å². The molecule has 0 spiro atoms. The van der Waals surface area contributed by atoms with Crippen LogP contribution < -0.4 is 10.2 Å². The monoisotopic (exact) mass is 314 g/mol. The van der Waals surface area contributed by atoms with Crippen LogP contribution in [0.3, 0.4) is 0 Å². The van der Waals surface area contributed by atoms with Crippen LogP contribution in [-0.4, -0.2) is 28.6 Å². The fourth-order valence-corrected chi connectivity index (χ4v) is 2.32. The van der Waals surface area contributed by atoms with Gasteiger partial charge in [0, 0.05) is 18.4 Å². The Morgan fingerprint density at radius 2 is 1.96 bits per heavy atom. The van der Waals surface area contributed by atoms with E-state index in [0.29, 0.717) is 29.5 Å². The third kappa shape index (κ3) is 2.94. The summed E-state index contributed by atoms with van der Waals surface area (Å²) in [6.45, 7) is 6.31. The number of urea groups is 1. The van der Waals surface area contributed by atoms with E-state index in [1.54, 1.807) is 6.07 Å². The Morgan fingerprint density at radius 3 is 2.61 bits per heavy atom. The van der Waals surface area contributed by atoms with Crippen molar-refractivity contribution in [2.24, 2.45) is 0 Å². The van der Waals surface area contributed by atoms with Gasteiger partial charge in [0.25, 0.3) is 5.89 Å². The molecule has 1 aliphatic rings. The first-order valence-electron chi connectivity index (χ1n) is 7.41. The summed E-state index contributed by atoms with van der Waals surface area (Å²) in [5.41, 5.74) is 1.08. The minimum absolute atomic E-state index is 0.231. The van der Waals surface area contributed by atoms with Gasteiger partial charge in [-0.3, -0.25) is 15.0 Å². The normalized spacial score (nSPS) is 15.7. The van der Waals surface area contributed by atoms with E-state index in [0.717, 1.165) is 0 Å². The second kappa shape index (κ2) is 5.49. The molecular weight excluding hydrogens is 296 g/mol. The van der Waals surface area contributed by atoms with E-state index >= 15 is 0 Å². The predicted molar refractivity (Wildman–Crippen MR) is 83.9 cm³/mol. The molecule has 0 aliphatic carbocycles. The van der Waals surface area contributed by atoms with Gasteiger partial charge in [-0.15, -0.1) is 0 Å². The first-order valence-corrected chi connectivity index (χ1v) is 7.41. The van der Waals surface area contributed by atoms with Gasteiger partial charge in [-0.2, -0.15) is 4.98 Å². The highest BCUT2D eigenvalue weighted by atomic mass is 16.5. The zero-order valence-electron chi connectivity index (χ0n) is 13.3. The highest BCUT2D eigenvalue weighted by Crippen LogP contribution is 2.32. The molecule has 1 fully saturated rings. The lowest BCUT2D eigenvalue weighted by Crippen LogP contribution is -2.49. The van der Waals surface area contributed by atoms with E-state index in [1.165, 1.54) is 4.90 Å². The molecule has 1 N–H and O–H groups in total. The number of amides is 3. The molecule has 7 nitrogen and oxygen atoms in total. The highest BCUT2D eigenvalue weighted by Gasteiger charge is 2.28. The lowest BCUT2D eigenvalue weighted by atomic mass is 9.96. The molecule has 1 saturated heterocycles. The highest BCUT2D eigenvalue weighted by molar-refractivity contribution is 6.07. The molecule has 120 valence electrons. The number of nitrogens with one attached hydrogen (secondary N) is 1. The Hall–Kier alpha value is -2.70. The van der Waals surface area contributed by atoms with E-state index in [4.69, 9.17) is 4.52 Å². The predicted octanol–water partition coefficient (Wildman–Crippen LogP) is 2.48. The summed E-state index contributed by atoms with van der Waals surface area (Å²) < 4.78 is 5.38. The molecule has 0 unspecified atom stereocenters. The van der Waals surface area contributed by atoms with Crippen LogP contribution >= 0.6 is 0 Å². The molecule has 0 saturated carbocycles. The average Bonchev–Trinajstić information content (AvgIpc) is 2.97. The summed E-state index contributed by atoms with van der Waals surface area (Å²) in [4.78, 5) is 29.4. The lowest BCUT2D eigenvalue weighted by Gasteiger charge is -2.27. The van der Waals surface area contributed by atoms with Crippen LogP contribution in [0.15, 0.2) is 28.8 Å². The zero-order chi connectivity index (χ0) is 16.6. The van der Waals surface area contributed by atoms with Gasteiger partial charge in [0.15, 0.2) is 5.82 Å². The van der Waals surface area contributed by atoms with Crippen molar-refractivity contribution in [1.82, 2.24) is 15.5 Å². The number of para-hydroxylation sites is 1. The Kier molecular flexibility index (Phi) is 3.63. The van der Waals surface area contributed by atoms with Gasteiger partial charge >= 0.3 is 6.03 Å². The molecule has 1 aromatic heterocycles. The second-order valence-corrected chi connectivity index (χ2v) is 6.45. The van der Waals surface area contributed by atoms with Crippen LogP contribution in [0.4, 0.5) is 10.5 Å². The molecule has 1 aromatic carbocycles. The minimum Gasteiger partial charge on any atom is -0.334 e. The summed E-state index contributed by atoms with van der Waals surface area (Å²) >= 11 is 0. The summed E-state index contributed by atoms with van der Waals surface area (Å²) in [5.74, 6) is 0.687. The molecule has 0 atom stereocenters. The molecule has 23 heavy (non-hydrogen) atoms. The third-order valence-electron chi connectivity index (χ3n) is 3.58. The number of carbonyl (C=O) groups is 2. The SMILES string of the molecule is CC(C)(C)c1noc(-c2ccccc2N2CCC(=O)NC2=O)n1. The van der Waals surface area contributed by atoms with Gasteiger partial charge in [-0.1, -0.05) is 38.1 Å². The van der Waals surface area contributed by atoms with Gasteiger partial charge in [0.2, 0.25) is 5.91 Å². The van der Waals surface area contributed by atoms with E-state index in [1.807, 2.05) is 39.0 Å². The number of hydrogen-bond donors (Lipinski definition) is 1. The van der Waals surface area contributed by atoms with E-state index < -0.39 is 6.03 Å². The fraction of sp³-hybridized carbons (Fsp3) is 0.375. The van der Waals surface area contributed by atoms with Crippen LogP contribution in [-0.2, 0) is 10.2 Å². The number of hydrogen-bond acceptors (Lipinski definition) is 5. The Balaban J connectivity index is 2.00. The molecule has 1 aliphatic heterocycles. The number of anilines is 1. The van der Waals surface area contributed by atoms with Crippen LogP contribution in [0.5, 0.6) is 0 Å². The number of imide groups is 1. The number of benzene rings is 1. The van der Waals surface area contributed by atoms with Crippen molar-refractivity contribution in [1.29, 1.82) is 0 Å². The molecule has 3 rings (SSSR count). The van der Waals surface area contributed by atoms with Crippen LogP contribution in [0.25, 0.3) is 11.5 Å². The van der Waals surface area contributed by atoms with Gasteiger partial charge in [-0.25, -0.2) is 4.79 Å². The lowest BCUT2D eigenvalue weighted by molar-refractivity contribution is -0.120. The number of carbonyl (C=O) groups excluding carboxylic acids is 2. The summed E-state index contributed by atoms with van der Waals surface area (Å²) in [5, 5.41) is 6.34. The van der Waals surface area contributed by atoms with Crippen molar-refractivity contribution in [3.8, 4) is 11.5 Å². The minimum atomic E-state index is -0.440. The fourth-order valence-electron chi connectivity index (χ4n) is 2.32.